The van der Waals surface area contributed by atoms with E-state index < -0.39 is 0 Å². The Hall–Kier alpha value is -7.91. The van der Waals surface area contributed by atoms with Gasteiger partial charge in [-0.05, 0) is 287 Å². The second-order valence-corrected chi connectivity index (χ2v) is 30.1. The molecule has 0 aliphatic heterocycles. The minimum Gasteiger partial charge on any atom is -0.309 e. The molecule has 8 bridgehead atoms. The van der Waals surface area contributed by atoms with Gasteiger partial charge >= 0.3 is 0 Å². The first-order chi connectivity index (χ1) is 45.1. The normalized spacial score (nSPS) is 25.2. The lowest BCUT2D eigenvalue weighted by Gasteiger charge is -2.61. The maximum atomic E-state index is 6.42. The molecule has 0 N–H and O–H groups in total. The molecule has 1 aromatic heterocycles. The number of aryl methyl sites for hydroxylation is 1. The summed E-state index contributed by atoms with van der Waals surface area (Å²) >= 11 is 18.6. The van der Waals surface area contributed by atoms with Crippen molar-refractivity contribution < 1.29 is 0 Å². The lowest BCUT2D eigenvalue weighted by Crippen LogP contribution is -2.55. The lowest BCUT2D eigenvalue weighted by atomic mass is 9.43. The fourth-order valence-electron chi connectivity index (χ4n) is 21.0. The molecular weight excluding hydrogens is 1180 g/mol. The Morgan fingerprint density at radius 1 is 0.304 bits per heavy atom. The van der Waals surface area contributed by atoms with Crippen LogP contribution in [0.15, 0.2) is 249 Å². The molecular formula is C88H74Cl3N. The molecule has 452 valence electrons. The van der Waals surface area contributed by atoms with E-state index in [2.05, 4.69) is 218 Å². The number of para-hydroxylation sites is 1. The Morgan fingerprint density at radius 2 is 0.728 bits per heavy atom. The quantitative estimate of drug-likeness (QED) is 0.166. The summed E-state index contributed by atoms with van der Waals surface area (Å²) < 4.78 is 2.37. The monoisotopic (exact) mass is 1250 g/mol. The average Bonchev–Trinajstić information content (AvgIpc) is 1.47. The number of aromatic nitrogens is 1. The predicted octanol–water partition coefficient (Wildman–Crippen LogP) is 24.5. The summed E-state index contributed by atoms with van der Waals surface area (Å²) in [6.07, 6.45) is 15.5. The van der Waals surface area contributed by atoms with Crippen molar-refractivity contribution in [3.63, 3.8) is 0 Å². The largest absolute Gasteiger partial charge is 0.309 e. The van der Waals surface area contributed by atoms with Gasteiger partial charge in [-0.3, -0.25) is 0 Å². The first kappa shape index (κ1) is 56.8. The fraction of sp³-hybridized carbons (Fsp3) is 0.250. The SMILES string of the molecule is Cc1ccccc1.Clc1ccc(-c2ccc3c(c2)C2(c4ccccc4-3)C3CC4CC(C3)CC2C4)cc1.Clc1ccc2c(c1)-c1ccccc1C2.Clc1ccc2c(c1)c1ccccc1n2-c1ccc(-c2ccc3c(c2)C2(c4ccccc4-3)C3CC4CC(C3)CC2C4)cc1. The van der Waals surface area contributed by atoms with Crippen molar-refractivity contribution >= 4 is 56.6 Å². The topological polar surface area (TPSA) is 4.93 Å². The van der Waals surface area contributed by atoms with E-state index in [1.165, 1.54) is 164 Å². The third-order valence-electron chi connectivity index (χ3n) is 24.1. The second-order valence-electron chi connectivity index (χ2n) is 28.8. The highest BCUT2D eigenvalue weighted by Gasteiger charge is 2.63. The molecule has 1 heterocycles. The van der Waals surface area contributed by atoms with E-state index in [4.69, 9.17) is 34.8 Å². The van der Waals surface area contributed by atoms with Crippen LogP contribution in [0.5, 0.6) is 0 Å². The highest BCUT2D eigenvalue weighted by molar-refractivity contribution is 6.32. The molecule has 11 aliphatic carbocycles. The minimum atomic E-state index is 0.208. The molecule has 0 amide bonds. The number of nitrogens with zero attached hydrogens (tertiary/aromatic N) is 1. The van der Waals surface area contributed by atoms with Crippen LogP contribution in [0.3, 0.4) is 0 Å². The van der Waals surface area contributed by atoms with E-state index >= 15 is 0 Å². The zero-order valence-electron chi connectivity index (χ0n) is 52.1. The standard InChI is InChI=1S/C40H32ClN.C28H25Cl.C13H9Cl.C7H8/c41-30-12-16-39-35(23-30)34-6-2-4-8-38(34)42(39)31-13-9-26(10-14-31)27-11-15-33-32-5-1-3-7-36(32)40(37(33)22-27)28-18-24-17-25(20-28)21-29(40)19-24;29-23-8-5-19(6-9-23)20-7-10-25-24-3-1-2-4-26(24)28(27(25)16-20)21-12-17-11-18(14-21)15-22(28)13-17;14-11-6-5-10-7-9-3-1-2-4-12(9)13(10)8-11;1-7-5-3-2-4-6-7/h1-16,22-25,28-29H,17-21H2;1-10,16-18,21-22H,11-15H2;1-6,8H,7H2;2-6H,1H3. The molecule has 0 unspecified atom stereocenters. The average molecular weight is 1250 g/mol. The van der Waals surface area contributed by atoms with E-state index in [0.29, 0.717) is 0 Å². The van der Waals surface area contributed by atoms with Crippen molar-refractivity contribution in [3.8, 4) is 61.3 Å². The van der Waals surface area contributed by atoms with E-state index in [-0.39, 0.29) is 10.8 Å². The van der Waals surface area contributed by atoms with Crippen molar-refractivity contribution in [1.82, 2.24) is 4.57 Å². The van der Waals surface area contributed by atoms with Crippen LogP contribution in [0, 0.1) is 54.3 Å². The van der Waals surface area contributed by atoms with Gasteiger partial charge in [0.1, 0.15) is 0 Å². The Balaban J connectivity index is 0.000000107. The molecule has 4 heteroatoms. The zero-order chi connectivity index (χ0) is 61.4. The number of benzene rings is 11. The van der Waals surface area contributed by atoms with Crippen molar-refractivity contribution in [2.24, 2.45) is 47.3 Å². The summed E-state index contributed by atoms with van der Waals surface area (Å²) in [6, 6.07) is 90.7. The Labute approximate surface area is 557 Å². The third-order valence-corrected chi connectivity index (χ3v) is 24.8. The van der Waals surface area contributed by atoms with Gasteiger partial charge < -0.3 is 4.57 Å². The molecule has 0 saturated heterocycles. The van der Waals surface area contributed by atoms with Gasteiger partial charge in [0.05, 0.1) is 11.0 Å². The number of rotatable bonds is 3. The smallest absolute Gasteiger partial charge is 0.0542 e. The van der Waals surface area contributed by atoms with E-state index in [0.717, 1.165) is 68.8 Å². The van der Waals surface area contributed by atoms with Crippen LogP contribution < -0.4 is 0 Å². The summed E-state index contributed by atoms with van der Waals surface area (Å²) in [5, 5.41) is 4.83. The van der Waals surface area contributed by atoms with Gasteiger partial charge in [0, 0.05) is 42.4 Å². The highest BCUT2D eigenvalue weighted by Crippen LogP contribution is 2.71. The maximum absolute atomic E-state index is 6.42. The van der Waals surface area contributed by atoms with Crippen molar-refractivity contribution in [3.05, 3.63) is 303 Å². The van der Waals surface area contributed by atoms with E-state index in [1.807, 2.05) is 42.5 Å². The molecule has 23 rings (SSSR count). The summed E-state index contributed by atoms with van der Waals surface area (Å²) in [6.45, 7) is 2.08. The Bertz CT molecular complexity index is 4800. The zero-order valence-corrected chi connectivity index (χ0v) is 54.4. The minimum absolute atomic E-state index is 0.208. The van der Waals surface area contributed by atoms with Crippen LogP contribution >= 0.6 is 34.8 Å². The molecule has 1 nitrogen and oxygen atoms in total. The molecule has 2 spiro atoms. The van der Waals surface area contributed by atoms with E-state index in [1.54, 1.807) is 22.3 Å². The van der Waals surface area contributed by atoms with Gasteiger partial charge in [-0.1, -0.05) is 216 Å². The summed E-state index contributed by atoms with van der Waals surface area (Å²) in [4.78, 5) is 0. The molecule has 11 aromatic carbocycles. The van der Waals surface area contributed by atoms with Gasteiger partial charge in [-0.25, -0.2) is 0 Å². The molecule has 92 heavy (non-hydrogen) atoms. The number of halogens is 3. The molecule has 8 fully saturated rings. The van der Waals surface area contributed by atoms with Crippen LogP contribution in [-0.2, 0) is 17.3 Å². The highest BCUT2D eigenvalue weighted by atomic mass is 35.5. The van der Waals surface area contributed by atoms with Gasteiger partial charge in [-0.15, -0.1) is 0 Å². The fourth-order valence-corrected chi connectivity index (χ4v) is 21.4. The van der Waals surface area contributed by atoms with E-state index in [9.17, 15) is 0 Å². The molecule has 0 radical (unpaired) electrons. The summed E-state index contributed by atoms with van der Waals surface area (Å²) in [5.41, 5.74) is 28.5. The molecule has 0 atom stereocenters. The van der Waals surface area contributed by atoms with Crippen LogP contribution in [0.2, 0.25) is 15.1 Å². The van der Waals surface area contributed by atoms with Gasteiger partial charge in [0.2, 0.25) is 0 Å². The predicted molar refractivity (Wildman–Crippen MR) is 386 cm³/mol. The van der Waals surface area contributed by atoms with Crippen LogP contribution in [0.1, 0.15) is 103 Å². The number of hydrogen-bond acceptors (Lipinski definition) is 0. The van der Waals surface area contributed by atoms with Crippen molar-refractivity contribution in [2.75, 3.05) is 0 Å². The first-order valence-corrected chi connectivity index (χ1v) is 35.2. The molecule has 12 aromatic rings. The van der Waals surface area contributed by atoms with Crippen LogP contribution in [0.4, 0.5) is 0 Å². The van der Waals surface area contributed by atoms with Gasteiger partial charge in [0.15, 0.2) is 0 Å². The Morgan fingerprint density at radius 3 is 1.28 bits per heavy atom. The summed E-state index contributed by atoms with van der Waals surface area (Å²) in [5.74, 6) is 7.11. The maximum Gasteiger partial charge on any atom is 0.0542 e. The van der Waals surface area contributed by atoms with Crippen LogP contribution in [0.25, 0.3) is 83.1 Å². The number of fused-ring (bicyclic) bond motifs is 12. The first-order valence-electron chi connectivity index (χ1n) is 34.1. The lowest BCUT2D eigenvalue weighted by molar-refractivity contribution is -0.0399. The van der Waals surface area contributed by atoms with Crippen molar-refractivity contribution in [2.45, 2.75) is 88.4 Å². The van der Waals surface area contributed by atoms with Gasteiger partial charge in [-0.2, -0.15) is 0 Å². The Kier molecular flexibility index (Phi) is 13.8. The van der Waals surface area contributed by atoms with Gasteiger partial charge in [0.25, 0.3) is 0 Å². The number of hydrogen-bond donors (Lipinski definition) is 0. The molecule has 11 aliphatic rings. The summed E-state index contributed by atoms with van der Waals surface area (Å²) in [7, 11) is 0. The van der Waals surface area contributed by atoms with Crippen molar-refractivity contribution in [1.29, 1.82) is 0 Å². The molecule has 8 saturated carbocycles. The van der Waals surface area contributed by atoms with Crippen LogP contribution in [-0.4, -0.2) is 4.57 Å². The second kappa shape index (κ2) is 22.4. The third kappa shape index (κ3) is 9.06.